The Morgan fingerprint density at radius 2 is 1.95 bits per heavy atom. The molecule has 1 N–H and O–H groups in total. The zero-order valence-electron chi connectivity index (χ0n) is 12.0. The standard InChI is InChI=1S/C17H16N2O3/c20-17(21)15-14(9-18-19-16(15)11-6-7-11)22-13-3-1-2-12(8-13)10-4-5-10/h1-3,8-11H,4-7H2,(H,20,21). The van der Waals surface area contributed by atoms with E-state index in [4.69, 9.17) is 4.74 Å². The van der Waals surface area contributed by atoms with Gasteiger partial charge in [0.2, 0.25) is 0 Å². The fraction of sp³-hybridized carbons (Fsp3) is 0.353. The van der Waals surface area contributed by atoms with Crippen molar-refractivity contribution in [2.75, 3.05) is 0 Å². The SMILES string of the molecule is O=C(O)c1c(Oc2cccc(C3CC3)c2)cnnc1C1CC1. The third-order valence-corrected chi connectivity index (χ3v) is 4.16. The monoisotopic (exact) mass is 296 g/mol. The smallest absolute Gasteiger partial charge is 0.341 e. The topological polar surface area (TPSA) is 72.3 Å². The van der Waals surface area contributed by atoms with Crippen molar-refractivity contribution in [3.05, 3.63) is 47.3 Å². The molecule has 2 aliphatic rings. The lowest BCUT2D eigenvalue weighted by atomic mass is 10.1. The van der Waals surface area contributed by atoms with Crippen molar-refractivity contribution in [1.82, 2.24) is 10.2 Å². The van der Waals surface area contributed by atoms with Gasteiger partial charge in [0.25, 0.3) is 0 Å². The minimum atomic E-state index is -1.01. The van der Waals surface area contributed by atoms with Gasteiger partial charge in [-0.3, -0.25) is 0 Å². The van der Waals surface area contributed by atoms with Crippen LogP contribution in [0.25, 0.3) is 0 Å². The van der Waals surface area contributed by atoms with Crippen molar-refractivity contribution < 1.29 is 14.6 Å². The molecule has 112 valence electrons. The first-order valence-corrected chi connectivity index (χ1v) is 7.59. The molecule has 0 aliphatic heterocycles. The van der Waals surface area contributed by atoms with Crippen LogP contribution in [0.1, 0.15) is 59.1 Å². The Balaban J connectivity index is 1.68. The Hall–Kier alpha value is -2.43. The van der Waals surface area contributed by atoms with Gasteiger partial charge in [-0.2, -0.15) is 10.2 Å². The van der Waals surface area contributed by atoms with Crippen molar-refractivity contribution in [3.63, 3.8) is 0 Å². The van der Waals surface area contributed by atoms with Gasteiger partial charge in [-0.25, -0.2) is 4.79 Å². The van der Waals surface area contributed by atoms with E-state index < -0.39 is 5.97 Å². The summed E-state index contributed by atoms with van der Waals surface area (Å²) in [6.07, 6.45) is 5.75. The number of nitrogens with zero attached hydrogens (tertiary/aromatic N) is 2. The highest BCUT2D eigenvalue weighted by Gasteiger charge is 2.32. The molecule has 2 aliphatic carbocycles. The van der Waals surface area contributed by atoms with Crippen LogP contribution < -0.4 is 4.74 Å². The van der Waals surface area contributed by atoms with E-state index in [0.717, 1.165) is 12.8 Å². The summed E-state index contributed by atoms with van der Waals surface area (Å²) in [6, 6.07) is 7.86. The fourth-order valence-electron chi connectivity index (χ4n) is 2.69. The lowest BCUT2D eigenvalue weighted by Crippen LogP contribution is -2.08. The van der Waals surface area contributed by atoms with Gasteiger partial charge < -0.3 is 9.84 Å². The van der Waals surface area contributed by atoms with Crippen molar-refractivity contribution in [2.45, 2.75) is 37.5 Å². The molecular formula is C17H16N2O3. The van der Waals surface area contributed by atoms with Gasteiger partial charge >= 0.3 is 5.97 Å². The molecule has 1 heterocycles. The first-order valence-electron chi connectivity index (χ1n) is 7.59. The first-order chi connectivity index (χ1) is 10.7. The number of carbonyl (C=O) groups is 1. The highest BCUT2D eigenvalue weighted by atomic mass is 16.5. The molecule has 0 atom stereocenters. The quantitative estimate of drug-likeness (QED) is 0.910. The Kier molecular flexibility index (Phi) is 3.06. The predicted octanol–water partition coefficient (Wildman–Crippen LogP) is 3.72. The van der Waals surface area contributed by atoms with E-state index in [9.17, 15) is 9.90 Å². The second kappa shape index (κ2) is 5.09. The molecule has 0 bridgehead atoms. The number of carboxylic acid groups (broad SMARTS) is 1. The molecule has 0 saturated heterocycles. The lowest BCUT2D eigenvalue weighted by molar-refractivity contribution is 0.0692. The van der Waals surface area contributed by atoms with Gasteiger partial charge in [0.05, 0.1) is 11.9 Å². The van der Waals surface area contributed by atoms with Crippen LogP contribution in [0.5, 0.6) is 11.5 Å². The van der Waals surface area contributed by atoms with Crippen LogP contribution in [-0.4, -0.2) is 21.3 Å². The van der Waals surface area contributed by atoms with E-state index >= 15 is 0 Å². The van der Waals surface area contributed by atoms with Crippen molar-refractivity contribution in [2.24, 2.45) is 0 Å². The average Bonchev–Trinajstić information content (AvgIpc) is 3.40. The second-order valence-electron chi connectivity index (χ2n) is 6.00. The van der Waals surface area contributed by atoms with Crippen LogP contribution in [-0.2, 0) is 0 Å². The van der Waals surface area contributed by atoms with E-state index in [0.29, 0.717) is 17.4 Å². The maximum atomic E-state index is 11.6. The molecule has 5 nitrogen and oxygen atoms in total. The molecule has 0 radical (unpaired) electrons. The number of benzene rings is 1. The van der Waals surface area contributed by atoms with Gasteiger partial charge in [0, 0.05) is 5.92 Å². The molecule has 1 aromatic carbocycles. The highest BCUT2D eigenvalue weighted by Crippen LogP contribution is 2.43. The van der Waals surface area contributed by atoms with Crippen LogP contribution in [0, 0.1) is 0 Å². The van der Waals surface area contributed by atoms with Gasteiger partial charge in [-0.05, 0) is 49.3 Å². The van der Waals surface area contributed by atoms with Crippen molar-refractivity contribution in [1.29, 1.82) is 0 Å². The van der Waals surface area contributed by atoms with Crippen LogP contribution in [0.3, 0.4) is 0 Å². The maximum Gasteiger partial charge on any atom is 0.341 e. The number of hydrogen-bond acceptors (Lipinski definition) is 4. The Morgan fingerprint density at radius 1 is 1.18 bits per heavy atom. The number of aromatic nitrogens is 2. The summed E-state index contributed by atoms with van der Waals surface area (Å²) in [5.41, 5.74) is 1.94. The lowest BCUT2D eigenvalue weighted by Gasteiger charge is -2.11. The largest absolute Gasteiger partial charge is 0.477 e. The molecule has 0 amide bonds. The number of aromatic carboxylic acids is 1. The van der Waals surface area contributed by atoms with E-state index in [1.54, 1.807) is 0 Å². The molecule has 2 fully saturated rings. The molecule has 4 rings (SSSR count). The van der Waals surface area contributed by atoms with Crippen LogP contribution in [0.2, 0.25) is 0 Å². The number of hydrogen-bond donors (Lipinski definition) is 1. The third kappa shape index (κ3) is 2.54. The van der Waals surface area contributed by atoms with Gasteiger partial charge in [0.15, 0.2) is 5.75 Å². The molecular weight excluding hydrogens is 280 g/mol. The molecule has 1 aromatic heterocycles. The first kappa shape index (κ1) is 13.2. The summed E-state index contributed by atoms with van der Waals surface area (Å²) in [5.74, 6) is 0.754. The minimum Gasteiger partial charge on any atom is -0.477 e. The van der Waals surface area contributed by atoms with Crippen molar-refractivity contribution >= 4 is 5.97 Å². The summed E-state index contributed by atoms with van der Waals surface area (Å²) in [5, 5.41) is 17.4. The number of ether oxygens (including phenoxy) is 1. The van der Waals surface area contributed by atoms with Gasteiger partial charge in [-0.1, -0.05) is 12.1 Å². The molecule has 22 heavy (non-hydrogen) atoms. The van der Waals surface area contributed by atoms with Gasteiger partial charge in [-0.15, -0.1) is 0 Å². The van der Waals surface area contributed by atoms with E-state index in [1.165, 1.54) is 24.6 Å². The average molecular weight is 296 g/mol. The molecule has 0 unspecified atom stereocenters. The maximum absolute atomic E-state index is 11.6. The summed E-state index contributed by atoms with van der Waals surface area (Å²) in [7, 11) is 0. The molecule has 2 aromatic rings. The minimum absolute atomic E-state index is 0.148. The number of carboxylic acids is 1. The second-order valence-corrected chi connectivity index (χ2v) is 6.00. The van der Waals surface area contributed by atoms with Gasteiger partial charge in [0.1, 0.15) is 11.3 Å². The third-order valence-electron chi connectivity index (χ3n) is 4.16. The normalized spacial score (nSPS) is 17.3. The number of rotatable bonds is 5. The Labute approximate surface area is 128 Å². The van der Waals surface area contributed by atoms with Crippen LogP contribution in [0.4, 0.5) is 0 Å². The summed E-state index contributed by atoms with van der Waals surface area (Å²) in [6.45, 7) is 0. The van der Waals surface area contributed by atoms with E-state index in [1.807, 2.05) is 18.2 Å². The predicted molar refractivity (Wildman–Crippen MR) is 79.5 cm³/mol. The summed E-state index contributed by atoms with van der Waals surface area (Å²) in [4.78, 5) is 11.6. The van der Waals surface area contributed by atoms with Crippen LogP contribution in [0.15, 0.2) is 30.5 Å². The zero-order valence-corrected chi connectivity index (χ0v) is 12.0. The van der Waals surface area contributed by atoms with Crippen LogP contribution >= 0.6 is 0 Å². The van der Waals surface area contributed by atoms with E-state index in [-0.39, 0.29) is 17.2 Å². The zero-order chi connectivity index (χ0) is 15.1. The molecule has 2 saturated carbocycles. The fourth-order valence-corrected chi connectivity index (χ4v) is 2.69. The van der Waals surface area contributed by atoms with E-state index in [2.05, 4.69) is 16.3 Å². The summed E-state index contributed by atoms with van der Waals surface area (Å²) < 4.78 is 5.82. The summed E-state index contributed by atoms with van der Waals surface area (Å²) >= 11 is 0. The van der Waals surface area contributed by atoms with Crippen molar-refractivity contribution in [3.8, 4) is 11.5 Å². The molecule has 0 spiro atoms. The Bertz CT molecular complexity index is 736. The highest BCUT2D eigenvalue weighted by molar-refractivity contribution is 5.92. The Morgan fingerprint density at radius 3 is 2.64 bits per heavy atom. The molecule has 5 heteroatoms.